The van der Waals surface area contributed by atoms with Crippen LogP contribution in [0.3, 0.4) is 0 Å². The molecule has 1 aromatic carbocycles. The number of nitrogens with zero attached hydrogens (tertiary/aromatic N) is 2. The average molecular weight is 415 g/mol. The summed E-state index contributed by atoms with van der Waals surface area (Å²) in [6.45, 7) is 9.97. The van der Waals surface area contributed by atoms with Gasteiger partial charge in [-0.15, -0.1) is 0 Å². The third-order valence-electron chi connectivity index (χ3n) is 5.03. The molecule has 0 atom stereocenters. The highest BCUT2D eigenvalue weighted by atomic mass is 19.4. The number of nitrogens with one attached hydrogen (secondary N) is 2. The fourth-order valence-corrected chi connectivity index (χ4v) is 3.45. The molecule has 29 heavy (non-hydrogen) atoms. The molecule has 0 bridgehead atoms. The molecular formula is C21H33F3N4O. The molecular weight excluding hydrogens is 381 g/mol. The second kappa shape index (κ2) is 10.2. The Bertz CT molecular complexity index is 681. The van der Waals surface area contributed by atoms with Crippen LogP contribution in [-0.4, -0.2) is 49.2 Å². The summed E-state index contributed by atoms with van der Waals surface area (Å²) in [5.74, 6) is 0.735. The van der Waals surface area contributed by atoms with Crippen LogP contribution in [0.1, 0.15) is 51.7 Å². The molecule has 2 rings (SSSR count). The van der Waals surface area contributed by atoms with Crippen molar-refractivity contribution in [1.29, 1.82) is 0 Å². The van der Waals surface area contributed by atoms with E-state index < -0.39 is 11.7 Å². The Labute approximate surface area is 171 Å². The second-order valence-electron chi connectivity index (χ2n) is 7.96. The SMILES string of the molecule is CN=C(NCc1ccc(OC(C)C)cc1C(F)(F)F)NC1CCN(C(C)C)CC1. The minimum absolute atomic E-state index is 0.0291. The summed E-state index contributed by atoms with van der Waals surface area (Å²) in [6, 6.07) is 4.89. The number of ether oxygens (including phenoxy) is 1. The molecule has 1 saturated heterocycles. The fourth-order valence-electron chi connectivity index (χ4n) is 3.45. The van der Waals surface area contributed by atoms with Crippen LogP contribution in [0.15, 0.2) is 23.2 Å². The summed E-state index contributed by atoms with van der Waals surface area (Å²) < 4.78 is 46.0. The summed E-state index contributed by atoms with van der Waals surface area (Å²) in [5.41, 5.74) is -0.532. The Hall–Kier alpha value is -1.96. The van der Waals surface area contributed by atoms with Crippen LogP contribution < -0.4 is 15.4 Å². The van der Waals surface area contributed by atoms with Gasteiger partial charge in [0.25, 0.3) is 0 Å². The van der Waals surface area contributed by atoms with Gasteiger partial charge in [-0.2, -0.15) is 13.2 Å². The fraction of sp³-hybridized carbons (Fsp3) is 0.667. The lowest BCUT2D eigenvalue weighted by Crippen LogP contribution is -2.49. The standard InChI is InChI=1S/C21H33F3N4O/c1-14(2)28-10-8-17(9-11-28)27-20(25-5)26-13-16-6-7-18(29-15(3)4)12-19(16)21(22,23)24/h6-7,12,14-15,17H,8-11,13H2,1-5H3,(H2,25,26,27). The highest BCUT2D eigenvalue weighted by Gasteiger charge is 2.34. The van der Waals surface area contributed by atoms with Crippen LogP contribution in [0.4, 0.5) is 13.2 Å². The topological polar surface area (TPSA) is 48.9 Å². The molecule has 0 aliphatic carbocycles. The number of likely N-dealkylation sites (tertiary alicyclic amines) is 1. The lowest BCUT2D eigenvalue weighted by Gasteiger charge is -2.35. The van der Waals surface area contributed by atoms with Crippen LogP contribution in [0.5, 0.6) is 5.75 Å². The normalized spacial score (nSPS) is 17.1. The van der Waals surface area contributed by atoms with Crippen molar-refractivity contribution in [2.24, 2.45) is 4.99 Å². The van der Waals surface area contributed by atoms with Gasteiger partial charge in [-0.1, -0.05) is 6.07 Å². The van der Waals surface area contributed by atoms with E-state index in [1.165, 1.54) is 6.07 Å². The minimum atomic E-state index is -4.45. The Kier molecular flexibility index (Phi) is 8.19. The molecule has 0 unspecified atom stereocenters. The van der Waals surface area contributed by atoms with Crippen molar-refractivity contribution in [2.75, 3.05) is 20.1 Å². The summed E-state index contributed by atoms with van der Waals surface area (Å²) in [6.07, 6.45) is -2.68. The average Bonchev–Trinajstić information content (AvgIpc) is 2.64. The molecule has 8 heteroatoms. The van der Waals surface area contributed by atoms with Crippen LogP contribution in [-0.2, 0) is 12.7 Å². The Morgan fingerprint density at radius 3 is 2.38 bits per heavy atom. The molecule has 0 saturated carbocycles. The Morgan fingerprint density at radius 1 is 1.21 bits per heavy atom. The molecule has 5 nitrogen and oxygen atoms in total. The number of aliphatic imine (C=N–C) groups is 1. The van der Waals surface area contributed by atoms with Crippen molar-refractivity contribution < 1.29 is 17.9 Å². The van der Waals surface area contributed by atoms with E-state index in [1.54, 1.807) is 27.0 Å². The molecule has 1 aliphatic rings. The van der Waals surface area contributed by atoms with E-state index in [0.717, 1.165) is 32.0 Å². The summed E-state index contributed by atoms with van der Waals surface area (Å²) in [4.78, 5) is 6.60. The van der Waals surface area contributed by atoms with Crippen LogP contribution in [0, 0.1) is 0 Å². The molecule has 2 N–H and O–H groups in total. The highest BCUT2D eigenvalue weighted by Crippen LogP contribution is 2.34. The minimum Gasteiger partial charge on any atom is -0.491 e. The maximum atomic E-state index is 13.5. The zero-order valence-corrected chi connectivity index (χ0v) is 17.9. The van der Waals surface area contributed by atoms with Gasteiger partial charge in [0.1, 0.15) is 5.75 Å². The molecule has 1 fully saturated rings. The number of guanidine groups is 1. The number of piperidine rings is 1. The number of alkyl halides is 3. The van der Waals surface area contributed by atoms with Gasteiger partial charge in [-0.3, -0.25) is 4.99 Å². The molecule has 164 valence electrons. The van der Waals surface area contributed by atoms with E-state index in [0.29, 0.717) is 12.0 Å². The van der Waals surface area contributed by atoms with Gasteiger partial charge in [-0.05, 0) is 58.2 Å². The lowest BCUT2D eigenvalue weighted by molar-refractivity contribution is -0.138. The van der Waals surface area contributed by atoms with Crippen molar-refractivity contribution in [3.63, 3.8) is 0 Å². The van der Waals surface area contributed by atoms with E-state index in [9.17, 15) is 13.2 Å². The summed E-state index contributed by atoms with van der Waals surface area (Å²) >= 11 is 0. The van der Waals surface area contributed by atoms with Crippen LogP contribution >= 0.6 is 0 Å². The maximum absolute atomic E-state index is 13.5. The first kappa shape index (κ1) is 23.3. The van der Waals surface area contributed by atoms with Gasteiger partial charge in [0.2, 0.25) is 0 Å². The van der Waals surface area contributed by atoms with Gasteiger partial charge >= 0.3 is 6.18 Å². The lowest BCUT2D eigenvalue weighted by atomic mass is 10.0. The summed E-state index contributed by atoms with van der Waals surface area (Å²) in [7, 11) is 1.63. The van der Waals surface area contributed by atoms with Crippen LogP contribution in [0.25, 0.3) is 0 Å². The van der Waals surface area contributed by atoms with E-state index in [2.05, 4.69) is 34.4 Å². The van der Waals surface area contributed by atoms with Gasteiger partial charge in [0.05, 0.1) is 11.7 Å². The first-order valence-electron chi connectivity index (χ1n) is 10.2. The summed E-state index contributed by atoms with van der Waals surface area (Å²) in [5, 5.41) is 6.36. The second-order valence-corrected chi connectivity index (χ2v) is 7.96. The largest absolute Gasteiger partial charge is 0.491 e. The van der Waals surface area contributed by atoms with Gasteiger partial charge in [0, 0.05) is 38.8 Å². The zero-order chi connectivity index (χ0) is 21.6. The molecule has 1 aromatic rings. The Balaban J connectivity index is 2.00. The number of halogens is 3. The third-order valence-corrected chi connectivity index (χ3v) is 5.03. The predicted molar refractivity (Wildman–Crippen MR) is 110 cm³/mol. The molecule has 0 aromatic heterocycles. The molecule has 0 amide bonds. The monoisotopic (exact) mass is 414 g/mol. The molecule has 0 radical (unpaired) electrons. The number of hydrogen-bond acceptors (Lipinski definition) is 3. The van der Waals surface area contributed by atoms with Crippen molar-refractivity contribution in [3.05, 3.63) is 29.3 Å². The van der Waals surface area contributed by atoms with Crippen LogP contribution in [0.2, 0.25) is 0 Å². The maximum Gasteiger partial charge on any atom is 0.416 e. The number of benzene rings is 1. The van der Waals surface area contributed by atoms with E-state index in [4.69, 9.17) is 4.74 Å². The quantitative estimate of drug-likeness (QED) is 0.545. The van der Waals surface area contributed by atoms with Gasteiger partial charge in [-0.25, -0.2) is 0 Å². The predicted octanol–water partition coefficient (Wildman–Crippen LogP) is 4.03. The first-order valence-corrected chi connectivity index (χ1v) is 10.2. The number of hydrogen-bond donors (Lipinski definition) is 2. The van der Waals surface area contributed by atoms with Crippen molar-refractivity contribution in [3.8, 4) is 5.75 Å². The first-order chi connectivity index (χ1) is 13.6. The third kappa shape index (κ3) is 7.10. The van der Waals surface area contributed by atoms with E-state index >= 15 is 0 Å². The van der Waals surface area contributed by atoms with Crippen molar-refractivity contribution in [1.82, 2.24) is 15.5 Å². The Morgan fingerprint density at radius 2 is 1.86 bits per heavy atom. The molecule has 1 heterocycles. The van der Waals surface area contributed by atoms with E-state index in [1.807, 2.05) is 0 Å². The zero-order valence-electron chi connectivity index (χ0n) is 17.9. The smallest absolute Gasteiger partial charge is 0.416 e. The van der Waals surface area contributed by atoms with Crippen molar-refractivity contribution in [2.45, 2.75) is 71.4 Å². The highest BCUT2D eigenvalue weighted by molar-refractivity contribution is 5.80. The molecule has 1 aliphatic heterocycles. The molecule has 0 spiro atoms. The van der Waals surface area contributed by atoms with Gasteiger partial charge in [0.15, 0.2) is 5.96 Å². The van der Waals surface area contributed by atoms with Crippen molar-refractivity contribution >= 4 is 5.96 Å². The van der Waals surface area contributed by atoms with E-state index in [-0.39, 0.29) is 30.0 Å². The number of rotatable bonds is 6. The van der Waals surface area contributed by atoms with Gasteiger partial charge < -0.3 is 20.3 Å².